The van der Waals surface area contributed by atoms with Gasteiger partial charge in [-0.1, -0.05) is 17.7 Å². The number of benzene rings is 2. The van der Waals surface area contributed by atoms with Crippen molar-refractivity contribution in [2.24, 2.45) is 0 Å². The number of methoxy groups -OCH3 is 1. The van der Waals surface area contributed by atoms with Crippen LogP contribution in [0.4, 0.5) is 0 Å². The first kappa shape index (κ1) is 18.4. The minimum absolute atomic E-state index is 0.168. The predicted octanol–water partition coefficient (Wildman–Crippen LogP) is 2.66. The highest BCUT2D eigenvalue weighted by atomic mass is 16.5. The Hall–Kier alpha value is -3.41. The van der Waals surface area contributed by atoms with Crippen LogP contribution in [0.25, 0.3) is 11.3 Å². The van der Waals surface area contributed by atoms with Crippen molar-refractivity contribution >= 4 is 5.91 Å². The molecule has 0 aliphatic carbocycles. The number of nitrogens with one attached hydrogen (secondary N) is 1. The summed E-state index contributed by atoms with van der Waals surface area (Å²) in [7, 11) is 1.61. The van der Waals surface area contributed by atoms with Crippen molar-refractivity contribution in [3.8, 4) is 17.0 Å². The molecule has 0 radical (unpaired) electrons. The van der Waals surface area contributed by atoms with Crippen LogP contribution >= 0.6 is 0 Å². The zero-order valence-corrected chi connectivity index (χ0v) is 15.3. The van der Waals surface area contributed by atoms with E-state index in [2.05, 4.69) is 10.4 Å². The third-order valence-corrected chi connectivity index (χ3v) is 4.14. The fourth-order valence-electron chi connectivity index (χ4n) is 2.69. The Balaban J connectivity index is 1.67. The molecule has 0 unspecified atom stereocenters. The Kier molecular flexibility index (Phi) is 5.66. The van der Waals surface area contributed by atoms with E-state index in [1.54, 1.807) is 19.2 Å². The zero-order valence-electron chi connectivity index (χ0n) is 15.3. The van der Waals surface area contributed by atoms with Crippen LogP contribution in [0.2, 0.25) is 0 Å². The zero-order chi connectivity index (χ0) is 19.2. The first-order valence-corrected chi connectivity index (χ1v) is 8.64. The molecule has 2 aromatic carbocycles. The van der Waals surface area contributed by atoms with Gasteiger partial charge in [0.05, 0.1) is 19.3 Å². The van der Waals surface area contributed by atoms with E-state index >= 15 is 0 Å². The lowest BCUT2D eigenvalue weighted by Crippen LogP contribution is -2.32. The number of ether oxygens (including phenoxy) is 1. The monoisotopic (exact) mass is 363 g/mol. The van der Waals surface area contributed by atoms with Crippen molar-refractivity contribution in [2.45, 2.75) is 13.5 Å². The molecule has 0 saturated heterocycles. The lowest BCUT2D eigenvalue weighted by Gasteiger charge is -2.09. The fraction of sp³-hybridized carbons (Fsp3) is 0.190. The normalized spacial score (nSPS) is 10.4. The van der Waals surface area contributed by atoms with Crippen LogP contribution in [0.1, 0.15) is 15.9 Å². The highest BCUT2D eigenvalue weighted by Crippen LogP contribution is 2.19. The summed E-state index contributed by atoms with van der Waals surface area (Å²) < 4.78 is 6.51. The van der Waals surface area contributed by atoms with Crippen LogP contribution in [-0.2, 0) is 6.54 Å². The first-order valence-electron chi connectivity index (χ1n) is 8.64. The van der Waals surface area contributed by atoms with Gasteiger partial charge in [0, 0.05) is 23.7 Å². The van der Waals surface area contributed by atoms with Crippen molar-refractivity contribution in [3.05, 3.63) is 82.1 Å². The summed E-state index contributed by atoms with van der Waals surface area (Å²) in [5.41, 5.74) is 2.97. The molecule has 0 aliphatic rings. The Morgan fingerprint density at radius 2 is 1.89 bits per heavy atom. The number of hydrogen-bond acceptors (Lipinski definition) is 4. The molecule has 1 heterocycles. The van der Waals surface area contributed by atoms with E-state index in [1.807, 2.05) is 49.4 Å². The maximum Gasteiger partial charge on any atom is 0.266 e. The summed E-state index contributed by atoms with van der Waals surface area (Å²) in [4.78, 5) is 24.3. The average Bonchev–Trinajstić information content (AvgIpc) is 2.69. The molecule has 0 bridgehead atoms. The Morgan fingerprint density at radius 1 is 1.11 bits per heavy atom. The van der Waals surface area contributed by atoms with E-state index in [9.17, 15) is 9.59 Å². The highest BCUT2D eigenvalue weighted by molar-refractivity contribution is 5.94. The van der Waals surface area contributed by atoms with Gasteiger partial charge in [-0.25, -0.2) is 4.68 Å². The van der Waals surface area contributed by atoms with Gasteiger partial charge >= 0.3 is 0 Å². The largest absolute Gasteiger partial charge is 0.497 e. The Morgan fingerprint density at radius 3 is 2.59 bits per heavy atom. The van der Waals surface area contributed by atoms with Crippen LogP contribution in [0.15, 0.2) is 65.5 Å². The molecule has 3 rings (SSSR count). The van der Waals surface area contributed by atoms with Gasteiger partial charge < -0.3 is 10.1 Å². The number of rotatable bonds is 6. The molecule has 138 valence electrons. The second-order valence-electron chi connectivity index (χ2n) is 6.13. The van der Waals surface area contributed by atoms with E-state index < -0.39 is 0 Å². The van der Waals surface area contributed by atoms with Crippen molar-refractivity contribution < 1.29 is 9.53 Å². The van der Waals surface area contributed by atoms with Crippen molar-refractivity contribution in [1.29, 1.82) is 0 Å². The molecule has 0 fully saturated rings. The molecule has 3 aromatic rings. The van der Waals surface area contributed by atoms with E-state index in [-0.39, 0.29) is 11.5 Å². The molecular weight excluding hydrogens is 342 g/mol. The summed E-state index contributed by atoms with van der Waals surface area (Å²) >= 11 is 0. The SMILES string of the molecule is COc1ccc(-c2ccc(=O)n(CCNC(=O)c3cccc(C)c3)n2)cc1. The molecule has 0 atom stereocenters. The number of hydrogen-bond donors (Lipinski definition) is 1. The Bertz CT molecular complexity index is 994. The quantitative estimate of drug-likeness (QED) is 0.731. The summed E-state index contributed by atoms with van der Waals surface area (Å²) in [6, 6.07) is 18.0. The summed E-state index contributed by atoms with van der Waals surface area (Å²) in [5.74, 6) is 0.587. The van der Waals surface area contributed by atoms with Crippen LogP contribution < -0.4 is 15.6 Å². The maximum atomic E-state index is 12.2. The molecule has 6 nitrogen and oxygen atoms in total. The smallest absolute Gasteiger partial charge is 0.266 e. The number of aryl methyl sites for hydroxylation is 1. The van der Waals surface area contributed by atoms with Gasteiger partial charge in [-0.15, -0.1) is 0 Å². The van der Waals surface area contributed by atoms with Gasteiger partial charge in [-0.2, -0.15) is 5.10 Å². The number of aromatic nitrogens is 2. The van der Waals surface area contributed by atoms with Crippen molar-refractivity contribution in [3.63, 3.8) is 0 Å². The molecule has 1 amide bonds. The molecule has 0 saturated carbocycles. The molecule has 27 heavy (non-hydrogen) atoms. The van der Waals surface area contributed by atoms with Gasteiger partial charge in [0.15, 0.2) is 0 Å². The highest BCUT2D eigenvalue weighted by Gasteiger charge is 2.07. The van der Waals surface area contributed by atoms with Crippen LogP contribution in [0.5, 0.6) is 5.75 Å². The number of nitrogens with zero attached hydrogens (tertiary/aromatic N) is 2. The third kappa shape index (κ3) is 4.61. The molecule has 1 aromatic heterocycles. The number of carbonyl (C=O) groups excluding carboxylic acids is 1. The number of amides is 1. The van der Waals surface area contributed by atoms with Crippen LogP contribution in [0, 0.1) is 6.92 Å². The molecular formula is C21H21N3O3. The molecule has 0 aliphatic heterocycles. The predicted molar refractivity (Wildman–Crippen MR) is 104 cm³/mol. The minimum Gasteiger partial charge on any atom is -0.497 e. The first-order chi connectivity index (χ1) is 13.1. The number of carbonyl (C=O) groups is 1. The van der Waals surface area contributed by atoms with Gasteiger partial charge in [-0.05, 0) is 49.4 Å². The van der Waals surface area contributed by atoms with Gasteiger partial charge in [0.25, 0.3) is 11.5 Å². The summed E-state index contributed by atoms with van der Waals surface area (Å²) in [6.07, 6.45) is 0. The van der Waals surface area contributed by atoms with Gasteiger partial charge in [-0.3, -0.25) is 9.59 Å². The fourth-order valence-corrected chi connectivity index (χ4v) is 2.69. The average molecular weight is 363 g/mol. The van der Waals surface area contributed by atoms with Gasteiger partial charge in [0.2, 0.25) is 0 Å². The van der Waals surface area contributed by atoms with Crippen molar-refractivity contribution in [1.82, 2.24) is 15.1 Å². The molecule has 6 heteroatoms. The second kappa shape index (κ2) is 8.31. The summed E-state index contributed by atoms with van der Waals surface area (Å²) in [5, 5.41) is 7.21. The maximum absolute atomic E-state index is 12.2. The van der Waals surface area contributed by atoms with E-state index in [1.165, 1.54) is 10.7 Å². The summed E-state index contributed by atoms with van der Waals surface area (Å²) in [6.45, 7) is 2.54. The molecule has 1 N–H and O–H groups in total. The van der Waals surface area contributed by atoms with Gasteiger partial charge in [0.1, 0.15) is 5.75 Å². The van der Waals surface area contributed by atoms with E-state index in [0.29, 0.717) is 24.3 Å². The standard InChI is InChI=1S/C21H21N3O3/c1-15-4-3-5-17(14-15)21(26)22-12-13-24-20(25)11-10-19(23-24)16-6-8-18(27-2)9-7-16/h3-11,14H,12-13H2,1-2H3,(H,22,26). The lowest BCUT2D eigenvalue weighted by molar-refractivity contribution is 0.0951. The third-order valence-electron chi connectivity index (χ3n) is 4.14. The Labute approximate surface area is 157 Å². The van der Waals surface area contributed by atoms with Crippen LogP contribution in [0.3, 0.4) is 0 Å². The lowest BCUT2D eigenvalue weighted by atomic mass is 10.1. The van der Waals surface area contributed by atoms with Crippen LogP contribution in [-0.4, -0.2) is 29.3 Å². The molecule has 0 spiro atoms. The topological polar surface area (TPSA) is 73.2 Å². The van der Waals surface area contributed by atoms with Crippen molar-refractivity contribution in [2.75, 3.05) is 13.7 Å². The minimum atomic E-state index is -0.211. The van der Waals surface area contributed by atoms with E-state index in [4.69, 9.17) is 4.74 Å². The van der Waals surface area contributed by atoms with E-state index in [0.717, 1.165) is 16.9 Å². The second-order valence-corrected chi connectivity index (χ2v) is 6.13.